The smallest absolute Gasteiger partial charge is 0.255 e. The third kappa shape index (κ3) is 5.17. The fourth-order valence-corrected chi connectivity index (χ4v) is 4.05. The number of morpholine rings is 1. The summed E-state index contributed by atoms with van der Waals surface area (Å²) < 4.78 is 12.5. The fraction of sp³-hybridized carbons (Fsp3) is 0.222. The molecular weight excluding hydrogens is 442 g/mol. The van der Waals surface area contributed by atoms with Gasteiger partial charge >= 0.3 is 0 Å². The lowest BCUT2D eigenvalue weighted by molar-refractivity contribution is 0.0951. The number of carbonyl (C=O) groups is 1. The number of benzene rings is 2. The van der Waals surface area contributed by atoms with Crippen LogP contribution in [0.1, 0.15) is 15.9 Å². The number of nitrogens with one attached hydrogen (secondary N) is 1. The average molecular weight is 470 g/mol. The lowest BCUT2D eigenvalue weighted by Crippen LogP contribution is -2.36. The summed E-state index contributed by atoms with van der Waals surface area (Å²) >= 11 is 0. The van der Waals surface area contributed by atoms with E-state index in [4.69, 9.17) is 14.6 Å². The van der Waals surface area contributed by atoms with Gasteiger partial charge in [0.1, 0.15) is 17.3 Å². The van der Waals surface area contributed by atoms with Crippen LogP contribution < -0.4 is 15.0 Å². The first-order valence-electron chi connectivity index (χ1n) is 11.6. The van der Waals surface area contributed by atoms with E-state index >= 15 is 0 Å². The molecule has 3 heterocycles. The molecule has 2 aromatic carbocycles. The Labute approximate surface area is 204 Å². The van der Waals surface area contributed by atoms with E-state index in [1.165, 1.54) is 0 Å². The largest absolute Gasteiger partial charge is 0.497 e. The molecule has 1 aliphatic rings. The number of nitrogens with zero attached hydrogens (tertiary/aromatic N) is 4. The molecule has 0 bridgehead atoms. The Bertz CT molecular complexity index is 1300. The van der Waals surface area contributed by atoms with Gasteiger partial charge in [-0.2, -0.15) is 5.10 Å². The first-order valence-corrected chi connectivity index (χ1v) is 11.6. The maximum atomic E-state index is 13.4. The van der Waals surface area contributed by atoms with Crippen molar-refractivity contribution in [2.45, 2.75) is 6.54 Å². The molecule has 1 amide bonds. The molecule has 35 heavy (non-hydrogen) atoms. The summed E-state index contributed by atoms with van der Waals surface area (Å²) in [5, 5.41) is 7.80. The normalized spacial score (nSPS) is 13.5. The van der Waals surface area contributed by atoms with Gasteiger partial charge in [-0.1, -0.05) is 30.3 Å². The summed E-state index contributed by atoms with van der Waals surface area (Å²) in [6.45, 7) is 3.39. The van der Waals surface area contributed by atoms with Gasteiger partial charge in [-0.3, -0.25) is 4.79 Å². The minimum absolute atomic E-state index is 0.199. The number of amides is 1. The number of aromatic nitrogens is 3. The number of pyridine rings is 1. The highest BCUT2D eigenvalue weighted by molar-refractivity contribution is 6.00. The van der Waals surface area contributed by atoms with Crippen LogP contribution in [0.5, 0.6) is 5.75 Å². The van der Waals surface area contributed by atoms with Crippen molar-refractivity contribution < 1.29 is 14.3 Å². The van der Waals surface area contributed by atoms with Crippen molar-refractivity contribution >= 4 is 11.7 Å². The van der Waals surface area contributed by atoms with Crippen LogP contribution in [0.25, 0.3) is 16.9 Å². The topological polar surface area (TPSA) is 81.5 Å². The van der Waals surface area contributed by atoms with Gasteiger partial charge in [0.05, 0.1) is 31.6 Å². The van der Waals surface area contributed by atoms with Crippen molar-refractivity contribution in [2.24, 2.45) is 0 Å². The molecule has 5 rings (SSSR count). The lowest BCUT2D eigenvalue weighted by atomic mass is 10.1. The van der Waals surface area contributed by atoms with Gasteiger partial charge in [0, 0.05) is 37.6 Å². The van der Waals surface area contributed by atoms with E-state index in [9.17, 15) is 4.79 Å². The number of rotatable bonds is 7. The molecule has 2 aromatic heterocycles. The molecule has 0 aliphatic carbocycles. The number of ether oxygens (including phenoxy) is 2. The van der Waals surface area contributed by atoms with Gasteiger partial charge < -0.3 is 19.7 Å². The van der Waals surface area contributed by atoms with E-state index in [1.54, 1.807) is 24.2 Å². The van der Waals surface area contributed by atoms with Crippen molar-refractivity contribution in [1.29, 1.82) is 0 Å². The number of anilines is 1. The molecule has 8 nitrogen and oxygen atoms in total. The van der Waals surface area contributed by atoms with Gasteiger partial charge in [0.15, 0.2) is 0 Å². The zero-order valence-electron chi connectivity index (χ0n) is 19.6. The highest BCUT2D eigenvalue weighted by Crippen LogP contribution is 2.27. The minimum Gasteiger partial charge on any atom is -0.497 e. The van der Waals surface area contributed by atoms with E-state index in [-0.39, 0.29) is 5.91 Å². The van der Waals surface area contributed by atoms with Crippen LogP contribution in [-0.2, 0) is 11.3 Å². The maximum absolute atomic E-state index is 13.4. The maximum Gasteiger partial charge on any atom is 0.255 e. The van der Waals surface area contributed by atoms with Crippen LogP contribution in [0.4, 0.5) is 5.82 Å². The van der Waals surface area contributed by atoms with E-state index in [2.05, 4.69) is 15.2 Å². The molecule has 4 aromatic rings. The lowest BCUT2D eigenvalue weighted by Gasteiger charge is -2.28. The predicted octanol–water partition coefficient (Wildman–Crippen LogP) is 3.71. The second-order valence-corrected chi connectivity index (χ2v) is 8.21. The third-order valence-electron chi connectivity index (χ3n) is 5.92. The quantitative estimate of drug-likeness (QED) is 0.444. The van der Waals surface area contributed by atoms with Crippen molar-refractivity contribution in [3.8, 4) is 22.7 Å². The van der Waals surface area contributed by atoms with Crippen LogP contribution in [0.15, 0.2) is 79.1 Å². The van der Waals surface area contributed by atoms with Gasteiger partial charge in [-0.05, 0) is 42.0 Å². The number of hydrogen-bond acceptors (Lipinski definition) is 6. The van der Waals surface area contributed by atoms with Crippen LogP contribution in [-0.4, -0.2) is 54.1 Å². The molecule has 1 aliphatic heterocycles. The Balaban J connectivity index is 1.40. The molecule has 0 unspecified atom stereocenters. The second kappa shape index (κ2) is 10.4. The first kappa shape index (κ1) is 22.6. The number of para-hydroxylation sites is 1. The van der Waals surface area contributed by atoms with Crippen LogP contribution >= 0.6 is 0 Å². The fourth-order valence-electron chi connectivity index (χ4n) is 4.05. The summed E-state index contributed by atoms with van der Waals surface area (Å²) in [5.74, 6) is 1.40. The number of methoxy groups -OCH3 is 1. The molecule has 1 N–H and O–H groups in total. The van der Waals surface area contributed by atoms with E-state index in [1.807, 2.05) is 66.7 Å². The summed E-state index contributed by atoms with van der Waals surface area (Å²) in [7, 11) is 1.62. The molecule has 0 atom stereocenters. The molecule has 8 heteroatoms. The molecule has 0 spiro atoms. The van der Waals surface area contributed by atoms with Crippen molar-refractivity contribution in [2.75, 3.05) is 38.3 Å². The van der Waals surface area contributed by atoms with Gasteiger partial charge in [0.25, 0.3) is 5.91 Å². The molecule has 1 fully saturated rings. The molecule has 0 saturated carbocycles. The van der Waals surface area contributed by atoms with Gasteiger partial charge in [-0.15, -0.1) is 0 Å². The van der Waals surface area contributed by atoms with Gasteiger partial charge in [0.2, 0.25) is 0 Å². The molecular formula is C27H27N5O3. The Kier molecular flexibility index (Phi) is 6.72. The third-order valence-corrected chi connectivity index (χ3v) is 5.92. The predicted molar refractivity (Wildman–Crippen MR) is 134 cm³/mol. The molecule has 178 valence electrons. The van der Waals surface area contributed by atoms with Crippen molar-refractivity contribution in [3.63, 3.8) is 0 Å². The van der Waals surface area contributed by atoms with E-state index < -0.39 is 0 Å². The summed E-state index contributed by atoms with van der Waals surface area (Å²) in [4.78, 5) is 20.0. The average Bonchev–Trinajstić information content (AvgIpc) is 3.39. The van der Waals surface area contributed by atoms with Crippen LogP contribution in [0, 0.1) is 0 Å². The Morgan fingerprint density at radius 3 is 2.69 bits per heavy atom. The zero-order valence-corrected chi connectivity index (χ0v) is 19.6. The summed E-state index contributed by atoms with van der Waals surface area (Å²) in [6, 6.07) is 21.2. The van der Waals surface area contributed by atoms with Crippen molar-refractivity contribution in [1.82, 2.24) is 20.1 Å². The summed E-state index contributed by atoms with van der Waals surface area (Å²) in [6.07, 6.45) is 3.55. The highest BCUT2D eigenvalue weighted by atomic mass is 16.5. The monoisotopic (exact) mass is 469 g/mol. The Morgan fingerprint density at radius 2 is 1.89 bits per heavy atom. The minimum atomic E-state index is -0.199. The zero-order chi connectivity index (χ0) is 24.0. The van der Waals surface area contributed by atoms with E-state index in [0.717, 1.165) is 35.7 Å². The van der Waals surface area contributed by atoms with Crippen LogP contribution in [0.2, 0.25) is 0 Å². The molecule has 1 saturated heterocycles. The first-order chi connectivity index (χ1) is 17.2. The van der Waals surface area contributed by atoms with Gasteiger partial charge in [-0.25, -0.2) is 9.67 Å². The standard InChI is InChI=1S/C27H27N5O3/c1-34-23-9-5-6-21(17-23)26-24(19-32(30-26)22-7-3-2-4-8-22)27(33)29-18-20-10-11-28-25(16-20)31-12-14-35-15-13-31/h2-11,16-17,19H,12-15,18H2,1H3,(H,29,33). The van der Waals surface area contributed by atoms with Crippen molar-refractivity contribution in [3.05, 3.63) is 90.3 Å². The summed E-state index contributed by atoms with van der Waals surface area (Å²) in [5.41, 5.74) is 3.74. The Hall–Kier alpha value is -4.17. The SMILES string of the molecule is COc1cccc(-c2nn(-c3ccccc3)cc2C(=O)NCc2ccnc(N3CCOCC3)c2)c1. The molecule has 0 radical (unpaired) electrons. The number of hydrogen-bond donors (Lipinski definition) is 1. The number of carbonyl (C=O) groups excluding carboxylic acids is 1. The second-order valence-electron chi connectivity index (χ2n) is 8.21. The van der Waals surface area contributed by atoms with Crippen LogP contribution in [0.3, 0.4) is 0 Å². The van der Waals surface area contributed by atoms with E-state index in [0.29, 0.717) is 36.8 Å². The highest BCUT2D eigenvalue weighted by Gasteiger charge is 2.19. The Morgan fingerprint density at radius 1 is 1.06 bits per heavy atom.